The molecule has 0 saturated carbocycles. The fourth-order valence-corrected chi connectivity index (χ4v) is 2.66. The lowest BCUT2D eigenvalue weighted by Gasteiger charge is -2.07. The molecule has 1 aromatic heterocycles. The van der Waals surface area contributed by atoms with Crippen LogP contribution in [0.3, 0.4) is 0 Å². The second-order valence-electron chi connectivity index (χ2n) is 5.19. The molecule has 0 atom stereocenters. The van der Waals surface area contributed by atoms with Crippen molar-refractivity contribution in [3.63, 3.8) is 0 Å². The molecular weight excluding hydrogens is 350 g/mol. The lowest BCUT2D eigenvalue weighted by Crippen LogP contribution is -2.14. The van der Waals surface area contributed by atoms with E-state index in [0.717, 1.165) is 0 Å². The van der Waals surface area contributed by atoms with Gasteiger partial charge in [-0.25, -0.2) is 9.78 Å². The van der Waals surface area contributed by atoms with E-state index in [2.05, 4.69) is 9.97 Å². The van der Waals surface area contributed by atoms with Crippen LogP contribution >= 0.6 is 11.8 Å². The van der Waals surface area contributed by atoms with Crippen LogP contribution in [-0.2, 0) is 0 Å². The van der Waals surface area contributed by atoms with Crippen molar-refractivity contribution in [2.45, 2.75) is 5.16 Å². The molecule has 0 saturated heterocycles. The zero-order valence-corrected chi connectivity index (χ0v) is 14.5. The first-order chi connectivity index (χ1) is 12.6. The van der Waals surface area contributed by atoms with Crippen molar-refractivity contribution < 1.29 is 9.53 Å². The Kier molecular flexibility index (Phi) is 5.15. The Balaban J connectivity index is 1.89. The van der Waals surface area contributed by atoms with Crippen LogP contribution in [0.4, 0.5) is 0 Å². The van der Waals surface area contributed by atoms with Gasteiger partial charge in [-0.3, -0.25) is 4.79 Å². The molecule has 6 nitrogen and oxygen atoms in total. The van der Waals surface area contributed by atoms with E-state index in [1.807, 2.05) is 12.1 Å². The molecule has 1 N–H and O–H groups in total. The number of carbonyl (C=O) groups excluding carboxylic acids is 1. The molecular formula is C19H13N3O3S. The number of carbonyl (C=O) groups is 1. The van der Waals surface area contributed by atoms with Gasteiger partial charge in [-0.15, -0.1) is 0 Å². The van der Waals surface area contributed by atoms with E-state index < -0.39 is 11.5 Å². The first-order valence-corrected chi connectivity index (χ1v) is 8.81. The molecule has 1 heterocycles. The minimum absolute atomic E-state index is 0.0585. The summed E-state index contributed by atoms with van der Waals surface area (Å²) < 4.78 is 5.32. The first-order valence-electron chi connectivity index (χ1n) is 7.58. The number of hydrogen-bond donors (Lipinski definition) is 1. The van der Waals surface area contributed by atoms with Gasteiger partial charge in [0.25, 0.3) is 5.56 Å². The molecule has 2 aromatic carbocycles. The zero-order chi connectivity index (χ0) is 18.5. The first kappa shape index (κ1) is 17.5. The number of rotatable bonds is 4. The van der Waals surface area contributed by atoms with E-state index in [-0.39, 0.29) is 5.56 Å². The Bertz CT molecular complexity index is 1040. The fourth-order valence-electron chi connectivity index (χ4n) is 2.28. The Morgan fingerprint density at radius 3 is 2.46 bits per heavy atom. The zero-order valence-electron chi connectivity index (χ0n) is 13.7. The Hall–Kier alpha value is -3.37. The highest BCUT2D eigenvalue weighted by Crippen LogP contribution is 2.24. The predicted molar refractivity (Wildman–Crippen MR) is 98.2 cm³/mol. The summed E-state index contributed by atoms with van der Waals surface area (Å²) in [5.74, 6) is -0.106. The van der Waals surface area contributed by atoms with Crippen LogP contribution in [-0.4, -0.2) is 22.2 Å². The van der Waals surface area contributed by atoms with E-state index in [1.165, 1.54) is 11.8 Å². The number of thioether (sulfide) groups is 1. The molecule has 0 aliphatic heterocycles. The van der Waals surface area contributed by atoms with Crippen molar-refractivity contribution in [3.8, 4) is 23.1 Å². The second kappa shape index (κ2) is 7.68. The summed E-state index contributed by atoms with van der Waals surface area (Å²) in [6.07, 6.45) is 1.78. The molecule has 0 spiro atoms. The monoisotopic (exact) mass is 363 g/mol. The number of aromatic amines is 1. The molecule has 128 valence electrons. The molecule has 3 aromatic rings. The number of nitrogens with zero attached hydrogens (tertiary/aromatic N) is 2. The maximum Gasteiger partial charge on any atom is 0.343 e. The Morgan fingerprint density at radius 1 is 1.15 bits per heavy atom. The van der Waals surface area contributed by atoms with Gasteiger partial charge in [0.05, 0.1) is 11.3 Å². The minimum atomic E-state index is -0.485. The molecule has 0 bridgehead atoms. The highest BCUT2D eigenvalue weighted by molar-refractivity contribution is 7.98. The molecule has 0 unspecified atom stereocenters. The molecule has 0 radical (unpaired) electrons. The summed E-state index contributed by atoms with van der Waals surface area (Å²) in [6.45, 7) is 0. The number of nitrogens with one attached hydrogen (secondary N) is 1. The van der Waals surface area contributed by atoms with Gasteiger partial charge in [-0.05, 0) is 42.7 Å². The summed E-state index contributed by atoms with van der Waals surface area (Å²) in [5, 5.41) is 9.66. The van der Waals surface area contributed by atoms with Crippen LogP contribution < -0.4 is 10.3 Å². The Labute approximate surface area is 153 Å². The minimum Gasteiger partial charge on any atom is -0.423 e. The second-order valence-corrected chi connectivity index (χ2v) is 5.99. The number of hydrogen-bond acceptors (Lipinski definition) is 6. The van der Waals surface area contributed by atoms with Crippen LogP contribution in [0.5, 0.6) is 5.75 Å². The number of benzene rings is 2. The molecule has 0 amide bonds. The highest BCUT2D eigenvalue weighted by atomic mass is 32.2. The van der Waals surface area contributed by atoms with Gasteiger partial charge in [-0.1, -0.05) is 30.0 Å². The number of H-pyrrole nitrogens is 1. The standard InChI is InChI=1S/C19H13N3O3S/c1-26-19-21-16(15(11-20)17(23)22-19)12-7-9-14(10-8-12)25-18(24)13-5-3-2-4-6-13/h2-10H,1H3,(H,21,22,23). The molecule has 26 heavy (non-hydrogen) atoms. The van der Waals surface area contributed by atoms with Crippen LogP contribution in [0.1, 0.15) is 15.9 Å². The van der Waals surface area contributed by atoms with Crippen LogP contribution in [0.25, 0.3) is 11.3 Å². The normalized spacial score (nSPS) is 10.2. The summed E-state index contributed by atoms with van der Waals surface area (Å²) >= 11 is 1.27. The van der Waals surface area contributed by atoms with E-state index in [1.54, 1.807) is 54.8 Å². The predicted octanol–water partition coefficient (Wildman–Crippen LogP) is 3.25. The van der Waals surface area contributed by atoms with Crippen LogP contribution in [0, 0.1) is 11.3 Å². The van der Waals surface area contributed by atoms with Crippen molar-refractivity contribution in [3.05, 3.63) is 76.1 Å². The van der Waals surface area contributed by atoms with Crippen molar-refractivity contribution in [1.29, 1.82) is 5.26 Å². The van der Waals surface area contributed by atoms with Crippen molar-refractivity contribution in [2.75, 3.05) is 6.26 Å². The van der Waals surface area contributed by atoms with Gasteiger partial charge < -0.3 is 9.72 Å². The largest absolute Gasteiger partial charge is 0.423 e. The van der Waals surface area contributed by atoms with Crippen LogP contribution in [0.15, 0.2) is 64.5 Å². The van der Waals surface area contributed by atoms with Gasteiger partial charge in [-0.2, -0.15) is 5.26 Å². The third-order valence-electron chi connectivity index (χ3n) is 3.55. The SMILES string of the molecule is CSc1nc(-c2ccc(OC(=O)c3ccccc3)cc2)c(C#N)c(=O)[nH]1. The van der Waals surface area contributed by atoms with Gasteiger partial charge in [0.15, 0.2) is 5.16 Å². The van der Waals surface area contributed by atoms with Crippen LogP contribution in [0.2, 0.25) is 0 Å². The molecule has 3 rings (SSSR count). The van der Waals surface area contributed by atoms with Crippen molar-refractivity contribution in [2.24, 2.45) is 0 Å². The fraction of sp³-hybridized carbons (Fsp3) is 0.0526. The number of aromatic nitrogens is 2. The van der Waals surface area contributed by atoms with Gasteiger partial charge in [0.1, 0.15) is 17.4 Å². The third kappa shape index (κ3) is 3.66. The quantitative estimate of drug-likeness (QED) is 0.331. The summed E-state index contributed by atoms with van der Waals surface area (Å²) in [7, 11) is 0. The number of ether oxygens (including phenoxy) is 1. The number of esters is 1. The van der Waals surface area contributed by atoms with Gasteiger partial charge in [0, 0.05) is 5.56 Å². The summed E-state index contributed by atoms with van der Waals surface area (Å²) in [5.41, 5.74) is 0.784. The van der Waals surface area contributed by atoms with Crippen molar-refractivity contribution in [1.82, 2.24) is 9.97 Å². The smallest absolute Gasteiger partial charge is 0.343 e. The lowest BCUT2D eigenvalue weighted by molar-refractivity contribution is 0.0735. The Morgan fingerprint density at radius 2 is 1.85 bits per heavy atom. The average molecular weight is 363 g/mol. The molecule has 7 heteroatoms. The molecule has 0 fully saturated rings. The third-order valence-corrected chi connectivity index (χ3v) is 4.13. The highest BCUT2D eigenvalue weighted by Gasteiger charge is 2.14. The topological polar surface area (TPSA) is 95.8 Å². The van der Waals surface area contributed by atoms with Gasteiger partial charge in [0.2, 0.25) is 0 Å². The summed E-state index contributed by atoms with van der Waals surface area (Å²) in [6, 6.07) is 17.0. The average Bonchev–Trinajstić information content (AvgIpc) is 2.68. The lowest BCUT2D eigenvalue weighted by atomic mass is 10.1. The molecule has 0 aliphatic rings. The maximum absolute atomic E-state index is 12.1. The van der Waals surface area contributed by atoms with E-state index >= 15 is 0 Å². The van der Waals surface area contributed by atoms with E-state index in [0.29, 0.717) is 27.7 Å². The van der Waals surface area contributed by atoms with Gasteiger partial charge >= 0.3 is 5.97 Å². The summed E-state index contributed by atoms with van der Waals surface area (Å²) in [4.78, 5) is 30.9. The van der Waals surface area contributed by atoms with E-state index in [4.69, 9.17) is 4.74 Å². The number of nitriles is 1. The van der Waals surface area contributed by atoms with E-state index in [9.17, 15) is 14.9 Å². The maximum atomic E-state index is 12.1. The molecule has 0 aliphatic carbocycles. The van der Waals surface area contributed by atoms with Crippen molar-refractivity contribution >= 4 is 17.7 Å².